The molecule has 1 saturated heterocycles. The summed E-state index contributed by atoms with van der Waals surface area (Å²) in [6, 6.07) is 8.75. The molecule has 0 aliphatic carbocycles. The van der Waals surface area contributed by atoms with Crippen molar-refractivity contribution in [2.75, 3.05) is 6.54 Å². The van der Waals surface area contributed by atoms with Gasteiger partial charge in [0.1, 0.15) is 17.7 Å². The lowest BCUT2D eigenvalue weighted by Gasteiger charge is -2.29. The van der Waals surface area contributed by atoms with Crippen molar-refractivity contribution in [1.82, 2.24) is 20.4 Å². The highest BCUT2D eigenvalue weighted by atomic mass is 32.1. The molecule has 198 valence electrons. The van der Waals surface area contributed by atoms with Gasteiger partial charge >= 0.3 is 0 Å². The molecule has 0 spiro atoms. The van der Waals surface area contributed by atoms with Crippen LogP contribution in [-0.2, 0) is 9.59 Å². The van der Waals surface area contributed by atoms with E-state index in [9.17, 15) is 14.7 Å². The number of likely N-dealkylation sites (tertiary alicyclic amines) is 1. The summed E-state index contributed by atoms with van der Waals surface area (Å²) >= 11 is 5.99. The second-order valence-corrected chi connectivity index (χ2v) is 11.7. The SMILES string of the molecule is Cc1ncsc1-c1ccc([C@H](C)NC(=O)[C@@H]2C[C@@H](O)CN2C(=O)C(c2cc(C(C)S)no2)C(C)C)cc1. The molecule has 2 aromatic heterocycles. The molecule has 1 fully saturated rings. The van der Waals surface area contributed by atoms with Crippen LogP contribution in [0, 0.1) is 12.8 Å². The molecule has 2 N–H and O–H groups in total. The van der Waals surface area contributed by atoms with Crippen molar-refractivity contribution in [3.8, 4) is 10.4 Å². The first-order chi connectivity index (χ1) is 17.6. The zero-order chi connectivity index (χ0) is 26.9. The molecule has 1 aliphatic heterocycles. The molecule has 3 heterocycles. The van der Waals surface area contributed by atoms with Crippen LogP contribution in [0.25, 0.3) is 10.4 Å². The van der Waals surface area contributed by atoms with Crippen LogP contribution < -0.4 is 5.32 Å². The highest BCUT2D eigenvalue weighted by Gasteiger charge is 2.43. The third-order valence-electron chi connectivity index (χ3n) is 6.86. The topological polar surface area (TPSA) is 109 Å². The van der Waals surface area contributed by atoms with Crippen molar-refractivity contribution in [2.24, 2.45) is 5.92 Å². The number of aryl methyl sites for hydroxylation is 1. The van der Waals surface area contributed by atoms with Crippen molar-refractivity contribution in [3.05, 3.63) is 58.6 Å². The Labute approximate surface area is 226 Å². The largest absolute Gasteiger partial charge is 0.391 e. The minimum absolute atomic E-state index is 0.0930. The van der Waals surface area contributed by atoms with E-state index >= 15 is 0 Å². The lowest BCUT2D eigenvalue weighted by atomic mass is 9.91. The first-order valence-corrected chi connectivity index (χ1v) is 13.9. The zero-order valence-corrected chi connectivity index (χ0v) is 23.4. The van der Waals surface area contributed by atoms with Crippen LogP contribution in [0.4, 0.5) is 0 Å². The Morgan fingerprint density at radius 2 is 1.92 bits per heavy atom. The maximum Gasteiger partial charge on any atom is 0.243 e. The minimum Gasteiger partial charge on any atom is -0.391 e. The van der Waals surface area contributed by atoms with Gasteiger partial charge in [-0.25, -0.2) is 4.98 Å². The number of aliphatic hydroxyl groups is 1. The van der Waals surface area contributed by atoms with Gasteiger partial charge in [0.2, 0.25) is 11.8 Å². The fraction of sp³-hybridized carbons (Fsp3) is 0.481. The fourth-order valence-electron chi connectivity index (χ4n) is 4.76. The summed E-state index contributed by atoms with van der Waals surface area (Å²) in [5.41, 5.74) is 5.51. The monoisotopic (exact) mass is 542 g/mol. The normalized spacial score (nSPS) is 20.2. The Hall–Kier alpha value is -2.69. The van der Waals surface area contributed by atoms with E-state index < -0.39 is 18.1 Å². The van der Waals surface area contributed by atoms with Crippen LogP contribution >= 0.6 is 24.0 Å². The maximum atomic E-state index is 13.7. The molecule has 1 aliphatic rings. The Morgan fingerprint density at radius 1 is 1.22 bits per heavy atom. The summed E-state index contributed by atoms with van der Waals surface area (Å²) in [6.45, 7) is 9.72. The van der Waals surface area contributed by atoms with Crippen LogP contribution in [0.5, 0.6) is 0 Å². The Morgan fingerprint density at radius 3 is 2.49 bits per heavy atom. The van der Waals surface area contributed by atoms with E-state index in [1.807, 2.05) is 64.4 Å². The number of aliphatic hydroxyl groups excluding tert-OH is 1. The first-order valence-electron chi connectivity index (χ1n) is 12.5. The molecular weight excluding hydrogens is 508 g/mol. The third-order valence-corrected chi connectivity index (χ3v) is 8.10. The number of β-amino-alcohol motifs (C(OH)–C–C–N with tert-alkyl or cyclic N) is 1. The van der Waals surface area contributed by atoms with Gasteiger partial charge in [-0.2, -0.15) is 12.6 Å². The lowest BCUT2D eigenvalue weighted by Crippen LogP contribution is -2.48. The van der Waals surface area contributed by atoms with Crippen LogP contribution in [0.15, 0.2) is 40.4 Å². The second kappa shape index (κ2) is 11.4. The summed E-state index contributed by atoms with van der Waals surface area (Å²) in [5, 5.41) is 17.4. The molecule has 1 aromatic carbocycles. The summed E-state index contributed by atoms with van der Waals surface area (Å²) < 4.78 is 5.51. The van der Waals surface area contributed by atoms with Crippen molar-refractivity contribution in [1.29, 1.82) is 0 Å². The third kappa shape index (κ3) is 5.91. The number of nitrogens with one attached hydrogen (secondary N) is 1. The van der Waals surface area contributed by atoms with Crippen LogP contribution in [-0.4, -0.2) is 50.7 Å². The molecule has 37 heavy (non-hydrogen) atoms. The summed E-state index contributed by atoms with van der Waals surface area (Å²) in [4.78, 5) is 33.9. The lowest BCUT2D eigenvalue weighted by molar-refractivity contribution is -0.141. The van der Waals surface area contributed by atoms with Gasteiger partial charge in [0.05, 0.1) is 33.9 Å². The van der Waals surface area contributed by atoms with Gasteiger partial charge in [-0.05, 0) is 37.8 Å². The second-order valence-electron chi connectivity index (χ2n) is 10.1. The predicted octanol–water partition coefficient (Wildman–Crippen LogP) is 4.68. The number of carbonyl (C=O) groups is 2. The minimum atomic E-state index is -0.771. The van der Waals surface area contributed by atoms with Gasteiger partial charge in [-0.1, -0.05) is 43.3 Å². The number of benzene rings is 1. The summed E-state index contributed by atoms with van der Waals surface area (Å²) in [7, 11) is 0. The van der Waals surface area contributed by atoms with Gasteiger partial charge in [0.25, 0.3) is 0 Å². The molecule has 5 atom stereocenters. The highest BCUT2D eigenvalue weighted by molar-refractivity contribution is 7.80. The molecule has 8 nitrogen and oxygen atoms in total. The standard InChI is InChI=1S/C27H34N4O4S2/c1-14(2)24(23-11-21(17(5)36)30-35-23)27(34)31-12-20(32)10-22(31)26(33)29-15(3)18-6-8-19(9-7-18)25-16(4)28-13-37-25/h6-9,11,13-15,17,20,22,24,32,36H,10,12H2,1-5H3,(H,29,33)/t15-,17?,20+,22-,24?/m0/s1. The van der Waals surface area contributed by atoms with Gasteiger partial charge in [0, 0.05) is 24.3 Å². The maximum absolute atomic E-state index is 13.7. The fourth-order valence-corrected chi connectivity index (χ4v) is 5.70. The summed E-state index contributed by atoms with van der Waals surface area (Å²) in [5.74, 6) is -0.803. The molecule has 2 unspecified atom stereocenters. The number of hydrogen-bond acceptors (Lipinski definition) is 8. The number of nitrogens with zero attached hydrogens (tertiary/aromatic N) is 3. The zero-order valence-electron chi connectivity index (χ0n) is 21.7. The van der Waals surface area contributed by atoms with Crippen molar-refractivity contribution in [2.45, 2.75) is 70.4 Å². The predicted molar refractivity (Wildman–Crippen MR) is 146 cm³/mol. The van der Waals surface area contributed by atoms with E-state index in [0.29, 0.717) is 11.5 Å². The number of amides is 2. The van der Waals surface area contributed by atoms with E-state index in [0.717, 1.165) is 21.7 Å². The number of rotatable bonds is 8. The van der Waals surface area contributed by atoms with Gasteiger partial charge in [0.15, 0.2) is 0 Å². The number of carbonyl (C=O) groups excluding carboxylic acids is 2. The van der Waals surface area contributed by atoms with E-state index in [2.05, 4.69) is 28.1 Å². The highest BCUT2D eigenvalue weighted by Crippen LogP contribution is 2.33. The van der Waals surface area contributed by atoms with Crippen molar-refractivity contribution < 1.29 is 19.2 Å². The number of hydrogen-bond donors (Lipinski definition) is 3. The van der Waals surface area contributed by atoms with E-state index in [1.165, 1.54) is 4.90 Å². The number of aromatic nitrogens is 2. The molecule has 2 amide bonds. The van der Waals surface area contributed by atoms with E-state index in [-0.39, 0.29) is 42.0 Å². The average Bonchev–Trinajstić information content (AvgIpc) is 3.59. The number of thiol groups is 1. The van der Waals surface area contributed by atoms with Gasteiger partial charge in [-0.3, -0.25) is 9.59 Å². The molecule has 3 aromatic rings. The molecule has 0 saturated carbocycles. The molecule has 10 heteroatoms. The van der Waals surface area contributed by atoms with E-state index in [1.54, 1.807) is 17.4 Å². The Kier molecular flexibility index (Phi) is 8.40. The van der Waals surface area contributed by atoms with Gasteiger partial charge < -0.3 is 19.8 Å². The average molecular weight is 543 g/mol. The Bertz CT molecular complexity index is 1240. The smallest absolute Gasteiger partial charge is 0.243 e. The molecular formula is C27H34N4O4S2. The number of thiazole rings is 1. The van der Waals surface area contributed by atoms with Crippen molar-refractivity contribution >= 4 is 35.8 Å². The Balaban J connectivity index is 1.48. The van der Waals surface area contributed by atoms with Gasteiger partial charge in [-0.15, -0.1) is 11.3 Å². The quantitative estimate of drug-likeness (QED) is 0.357. The van der Waals surface area contributed by atoms with Crippen LogP contribution in [0.1, 0.15) is 74.0 Å². The molecule has 0 radical (unpaired) electrons. The molecule has 4 rings (SSSR count). The van der Waals surface area contributed by atoms with Crippen LogP contribution in [0.2, 0.25) is 0 Å². The van der Waals surface area contributed by atoms with Crippen LogP contribution in [0.3, 0.4) is 0 Å². The van der Waals surface area contributed by atoms with E-state index in [4.69, 9.17) is 4.52 Å². The molecule has 0 bridgehead atoms. The summed E-state index contributed by atoms with van der Waals surface area (Å²) in [6.07, 6.45) is -0.582. The first kappa shape index (κ1) is 27.3. The van der Waals surface area contributed by atoms with Crippen molar-refractivity contribution in [3.63, 3.8) is 0 Å².